The Morgan fingerprint density at radius 1 is 0.474 bits per heavy atom. The highest BCUT2D eigenvalue weighted by atomic mass is 16.5. The lowest BCUT2D eigenvalue weighted by molar-refractivity contribution is -0.963. The summed E-state index contributed by atoms with van der Waals surface area (Å²) in [5, 5.41) is 17.3. The van der Waals surface area contributed by atoms with E-state index in [1.165, 1.54) is 51.4 Å². The zero-order valence-corrected chi connectivity index (χ0v) is 25.4. The van der Waals surface area contributed by atoms with Crippen molar-refractivity contribution in [1.29, 1.82) is 0 Å². The Bertz CT molecular complexity index is 533. The van der Waals surface area contributed by atoms with Gasteiger partial charge in [-0.1, -0.05) is 77.0 Å². The maximum Gasteiger partial charge on any atom is 0.303 e. The Labute approximate surface area is 233 Å². The molecule has 8 heteroatoms. The molecule has 0 aliphatic carbocycles. The van der Waals surface area contributed by atoms with E-state index in [1.54, 1.807) is 0 Å². The minimum Gasteiger partial charge on any atom is -0.481 e. The van der Waals surface area contributed by atoms with E-state index < -0.39 is 11.9 Å². The minimum absolute atomic E-state index is 0.305. The molecular weight excluding hydrogens is 484 g/mol. The van der Waals surface area contributed by atoms with Crippen molar-refractivity contribution >= 4 is 11.9 Å². The van der Waals surface area contributed by atoms with Crippen molar-refractivity contribution in [3.05, 3.63) is 0 Å². The van der Waals surface area contributed by atoms with Gasteiger partial charge in [0.25, 0.3) is 0 Å². The summed E-state index contributed by atoms with van der Waals surface area (Å²) < 4.78 is 13.7. The zero-order chi connectivity index (χ0) is 28.5. The minimum atomic E-state index is -0.683. The number of unbranched alkanes of at least 4 members (excludes halogenated alkanes) is 14. The molecule has 0 saturated carbocycles. The van der Waals surface area contributed by atoms with Crippen LogP contribution < -0.4 is 0 Å². The number of rotatable bonds is 29. The molecule has 8 nitrogen and oxygen atoms in total. The average Bonchev–Trinajstić information content (AvgIpc) is 2.84. The SMILES string of the molecule is C[N+](C)(CC[N+](C)(C)COCCCCCCCCCCC(=O)O)COCCCCCCCCCCC(=O)O. The quantitative estimate of drug-likeness (QED) is 0.0652. The molecule has 0 aromatic carbocycles. The summed E-state index contributed by atoms with van der Waals surface area (Å²) in [4.78, 5) is 21.0. The summed E-state index contributed by atoms with van der Waals surface area (Å²) in [7, 11) is 8.93. The van der Waals surface area contributed by atoms with Crippen molar-refractivity contribution in [2.45, 2.75) is 116 Å². The second-order valence-corrected chi connectivity index (χ2v) is 12.3. The standard InChI is InChI=1S/C30H60N2O6/c1-31(2,27-37-25-19-15-11-7-5-9-13-17-21-29(33)34)23-24-32(3,4)28-38-26-20-16-12-8-6-10-14-18-22-30(35)36/h5-28H2,1-4H3/p+2. The van der Waals surface area contributed by atoms with Gasteiger partial charge in [0.1, 0.15) is 13.1 Å². The van der Waals surface area contributed by atoms with E-state index in [4.69, 9.17) is 19.7 Å². The topological polar surface area (TPSA) is 93.1 Å². The maximum absolute atomic E-state index is 10.5. The zero-order valence-electron chi connectivity index (χ0n) is 25.4. The molecule has 38 heavy (non-hydrogen) atoms. The Hall–Kier alpha value is -1.22. The number of carbonyl (C=O) groups is 2. The number of ether oxygens (including phenoxy) is 2. The van der Waals surface area contributed by atoms with Crippen LogP contribution >= 0.6 is 0 Å². The van der Waals surface area contributed by atoms with Crippen LogP contribution in [-0.4, -0.2) is 99.1 Å². The van der Waals surface area contributed by atoms with Crippen molar-refractivity contribution in [3.63, 3.8) is 0 Å². The number of aliphatic carboxylic acids is 2. The van der Waals surface area contributed by atoms with Crippen LogP contribution in [0.1, 0.15) is 116 Å². The Morgan fingerprint density at radius 2 is 0.737 bits per heavy atom. The van der Waals surface area contributed by atoms with Gasteiger partial charge in [-0.2, -0.15) is 0 Å². The molecule has 226 valence electrons. The molecule has 0 unspecified atom stereocenters. The number of hydrogen-bond donors (Lipinski definition) is 2. The molecule has 0 amide bonds. The number of quaternary nitrogens is 2. The van der Waals surface area contributed by atoms with Gasteiger partial charge in [0, 0.05) is 12.8 Å². The van der Waals surface area contributed by atoms with Crippen molar-refractivity contribution in [2.75, 3.05) is 68.0 Å². The number of carboxylic acids is 2. The monoisotopic (exact) mass is 546 g/mol. The predicted molar refractivity (Wildman–Crippen MR) is 154 cm³/mol. The second kappa shape index (κ2) is 23.6. The summed E-state index contributed by atoms with van der Waals surface area (Å²) in [5.74, 6) is -1.37. The Kier molecular flexibility index (Phi) is 22.9. The first-order valence-corrected chi connectivity index (χ1v) is 15.3. The first-order valence-electron chi connectivity index (χ1n) is 15.3. The highest BCUT2D eigenvalue weighted by molar-refractivity contribution is 5.66. The molecule has 0 saturated heterocycles. The van der Waals surface area contributed by atoms with Crippen LogP contribution in [-0.2, 0) is 19.1 Å². The van der Waals surface area contributed by atoms with Gasteiger partial charge >= 0.3 is 11.9 Å². The van der Waals surface area contributed by atoms with Gasteiger partial charge in [-0.15, -0.1) is 0 Å². The van der Waals surface area contributed by atoms with Crippen LogP contribution in [0.5, 0.6) is 0 Å². The molecule has 0 radical (unpaired) electrons. The molecule has 0 aromatic heterocycles. The number of carboxylic acid groups (broad SMARTS) is 2. The van der Waals surface area contributed by atoms with Crippen LogP contribution in [0.15, 0.2) is 0 Å². The highest BCUT2D eigenvalue weighted by Crippen LogP contribution is 2.12. The van der Waals surface area contributed by atoms with Gasteiger partial charge < -0.3 is 28.7 Å². The summed E-state index contributed by atoms with van der Waals surface area (Å²) in [6, 6.07) is 0. The molecule has 0 spiro atoms. The highest BCUT2D eigenvalue weighted by Gasteiger charge is 2.23. The number of hydrogen-bond acceptors (Lipinski definition) is 4. The van der Waals surface area contributed by atoms with Gasteiger partial charge in [-0.3, -0.25) is 9.59 Å². The largest absolute Gasteiger partial charge is 0.481 e. The summed E-state index contributed by atoms with van der Waals surface area (Å²) in [6.07, 6.45) is 18.6. The maximum atomic E-state index is 10.5. The predicted octanol–water partition coefficient (Wildman–Crippen LogP) is 6.28. The van der Waals surface area contributed by atoms with Crippen LogP contribution in [0.2, 0.25) is 0 Å². The molecule has 0 bridgehead atoms. The van der Waals surface area contributed by atoms with Gasteiger partial charge in [0.2, 0.25) is 0 Å². The molecule has 0 aromatic rings. The fourth-order valence-corrected chi connectivity index (χ4v) is 4.38. The molecule has 0 aliphatic rings. The normalized spacial score (nSPS) is 12.2. The van der Waals surface area contributed by atoms with Crippen molar-refractivity contribution in [3.8, 4) is 0 Å². The number of likely N-dealkylation sites (N-methyl/N-ethyl adjacent to an activating group) is 2. The van der Waals surface area contributed by atoms with Crippen LogP contribution in [0.25, 0.3) is 0 Å². The second-order valence-electron chi connectivity index (χ2n) is 12.3. The third-order valence-corrected chi connectivity index (χ3v) is 7.05. The summed E-state index contributed by atoms with van der Waals surface area (Å²) in [5.41, 5.74) is 0. The first-order chi connectivity index (χ1) is 18.0. The fraction of sp³-hybridized carbons (Fsp3) is 0.933. The van der Waals surface area contributed by atoms with E-state index in [2.05, 4.69) is 28.2 Å². The first kappa shape index (κ1) is 36.8. The van der Waals surface area contributed by atoms with Crippen LogP contribution in [0, 0.1) is 0 Å². The Balaban J connectivity index is 3.59. The van der Waals surface area contributed by atoms with Gasteiger partial charge in [-0.05, 0) is 25.7 Å². The van der Waals surface area contributed by atoms with E-state index in [-0.39, 0.29) is 0 Å². The molecule has 0 heterocycles. The molecule has 2 N–H and O–H groups in total. The molecule has 0 fully saturated rings. The lowest BCUT2D eigenvalue weighted by Gasteiger charge is -2.35. The fourth-order valence-electron chi connectivity index (χ4n) is 4.38. The van der Waals surface area contributed by atoms with Gasteiger partial charge in [0.05, 0.1) is 41.4 Å². The lowest BCUT2D eigenvalue weighted by atomic mass is 10.1. The third kappa shape index (κ3) is 27.8. The van der Waals surface area contributed by atoms with E-state index in [9.17, 15) is 9.59 Å². The third-order valence-electron chi connectivity index (χ3n) is 7.05. The molecule has 0 atom stereocenters. The lowest BCUT2D eigenvalue weighted by Crippen LogP contribution is -2.52. The molecular formula is C30H62N2O6+2. The van der Waals surface area contributed by atoms with E-state index >= 15 is 0 Å². The average molecular weight is 547 g/mol. The van der Waals surface area contributed by atoms with E-state index in [0.717, 1.165) is 100 Å². The molecule has 0 aliphatic heterocycles. The smallest absolute Gasteiger partial charge is 0.303 e. The van der Waals surface area contributed by atoms with E-state index in [1.807, 2.05) is 0 Å². The van der Waals surface area contributed by atoms with Gasteiger partial charge in [0.15, 0.2) is 13.5 Å². The van der Waals surface area contributed by atoms with E-state index in [0.29, 0.717) is 12.8 Å². The van der Waals surface area contributed by atoms with Crippen molar-refractivity contribution < 1.29 is 38.2 Å². The Morgan fingerprint density at radius 3 is 1.03 bits per heavy atom. The van der Waals surface area contributed by atoms with Crippen molar-refractivity contribution in [2.24, 2.45) is 0 Å². The van der Waals surface area contributed by atoms with Gasteiger partial charge in [-0.25, -0.2) is 0 Å². The summed E-state index contributed by atoms with van der Waals surface area (Å²) in [6.45, 7) is 5.22. The molecule has 0 rings (SSSR count). The summed E-state index contributed by atoms with van der Waals surface area (Å²) >= 11 is 0. The van der Waals surface area contributed by atoms with Crippen molar-refractivity contribution in [1.82, 2.24) is 0 Å². The number of nitrogens with zero attached hydrogens (tertiary/aromatic N) is 2. The van der Waals surface area contributed by atoms with Crippen LogP contribution in [0.3, 0.4) is 0 Å². The van der Waals surface area contributed by atoms with Crippen LogP contribution in [0.4, 0.5) is 0 Å².